The predicted octanol–water partition coefficient (Wildman–Crippen LogP) is 1.66. The number of carbonyl (C=O) groups is 1. The van der Waals surface area contributed by atoms with Gasteiger partial charge >= 0.3 is 0 Å². The van der Waals surface area contributed by atoms with Crippen LogP contribution >= 0.6 is 15.9 Å². The Kier molecular flexibility index (Phi) is 5.03. The van der Waals surface area contributed by atoms with E-state index in [1.165, 1.54) is 21.8 Å². The highest BCUT2D eigenvalue weighted by Gasteiger charge is 2.31. The zero-order valence-corrected chi connectivity index (χ0v) is 17.9. The van der Waals surface area contributed by atoms with Crippen LogP contribution in [0.15, 0.2) is 40.0 Å². The molecule has 11 heteroatoms. The van der Waals surface area contributed by atoms with E-state index < -0.39 is 15.4 Å². The molecule has 152 valence electrons. The van der Waals surface area contributed by atoms with Crippen molar-refractivity contribution in [1.82, 2.24) is 19.3 Å². The first kappa shape index (κ1) is 19.8. The van der Waals surface area contributed by atoms with E-state index in [0.717, 1.165) is 10.0 Å². The number of amides is 1. The third-order valence-corrected chi connectivity index (χ3v) is 7.53. The van der Waals surface area contributed by atoms with Gasteiger partial charge in [0.1, 0.15) is 18.3 Å². The summed E-state index contributed by atoms with van der Waals surface area (Å²) in [6.45, 7) is 1.72. The minimum Gasteiger partial charge on any atom is -0.325 e. The number of nitrogens with zero attached hydrogens (tertiary/aromatic N) is 4. The number of benzene rings is 1. The Morgan fingerprint density at radius 3 is 2.86 bits per heavy atom. The number of anilines is 1. The van der Waals surface area contributed by atoms with E-state index in [9.17, 15) is 18.0 Å². The zero-order valence-electron chi connectivity index (χ0n) is 15.5. The van der Waals surface area contributed by atoms with E-state index in [0.29, 0.717) is 17.8 Å². The molecular weight excluding hydrogens is 462 g/mol. The molecule has 0 radical (unpaired) electrons. The molecule has 29 heavy (non-hydrogen) atoms. The molecule has 2 aromatic heterocycles. The van der Waals surface area contributed by atoms with Crippen molar-refractivity contribution in [2.75, 3.05) is 16.8 Å². The number of nitrogens with one attached hydrogen (secondary N) is 1. The quantitative estimate of drug-likeness (QED) is 0.608. The average molecular weight is 480 g/mol. The summed E-state index contributed by atoms with van der Waals surface area (Å²) in [6, 6.07) is 5.09. The molecular formula is C18H18BrN5O4S. The summed E-state index contributed by atoms with van der Waals surface area (Å²) in [7, 11) is -3.09. The van der Waals surface area contributed by atoms with Gasteiger partial charge in [-0.1, -0.05) is 15.9 Å². The van der Waals surface area contributed by atoms with Crippen molar-refractivity contribution in [2.45, 2.75) is 25.9 Å². The monoisotopic (exact) mass is 479 g/mol. The van der Waals surface area contributed by atoms with Crippen LogP contribution in [0.4, 0.5) is 5.69 Å². The second kappa shape index (κ2) is 7.38. The molecule has 1 atom stereocenters. The van der Waals surface area contributed by atoms with Crippen molar-refractivity contribution in [2.24, 2.45) is 0 Å². The maximum Gasteiger partial charge on any atom is 0.264 e. The van der Waals surface area contributed by atoms with Crippen LogP contribution in [0.1, 0.15) is 18.0 Å². The second-order valence-electron chi connectivity index (χ2n) is 7.07. The minimum absolute atomic E-state index is 0.0104. The highest BCUT2D eigenvalue weighted by atomic mass is 79.9. The Morgan fingerprint density at radius 2 is 2.17 bits per heavy atom. The first-order valence-electron chi connectivity index (χ1n) is 8.92. The SMILES string of the molecule is Cc1cc(NC(=O)Cn2cnc3c(cnn3C3CCS(=O)(=O)C3)c2=O)ccc1Br. The number of rotatable bonds is 4. The van der Waals surface area contributed by atoms with Gasteiger partial charge in [0.05, 0.1) is 23.7 Å². The maximum absolute atomic E-state index is 12.7. The molecule has 9 nitrogen and oxygen atoms in total. The lowest BCUT2D eigenvalue weighted by atomic mass is 10.2. The molecule has 0 spiro atoms. The number of aryl methyl sites for hydroxylation is 1. The Bertz CT molecular complexity index is 1280. The van der Waals surface area contributed by atoms with Gasteiger partial charge in [0, 0.05) is 10.2 Å². The van der Waals surface area contributed by atoms with Gasteiger partial charge in [-0.25, -0.2) is 18.1 Å². The van der Waals surface area contributed by atoms with Crippen LogP contribution in [-0.4, -0.2) is 45.2 Å². The van der Waals surface area contributed by atoms with Crippen molar-refractivity contribution in [3.05, 3.63) is 51.1 Å². The second-order valence-corrected chi connectivity index (χ2v) is 10.2. The lowest BCUT2D eigenvalue weighted by molar-refractivity contribution is -0.116. The minimum atomic E-state index is -3.09. The smallest absolute Gasteiger partial charge is 0.264 e. The van der Waals surface area contributed by atoms with Crippen molar-refractivity contribution >= 4 is 48.4 Å². The fourth-order valence-electron chi connectivity index (χ4n) is 3.39. The molecule has 1 aliphatic heterocycles. The topological polar surface area (TPSA) is 116 Å². The molecule has 1 unspecified atom stereocenters. The molecule has 3 heterocycles. The predicted molar refractivity (Wildman–Crippen MR) is 112 cm³/mol. The maximum atomic E-state index is 12.7. The van der Waals surface area contributed by atoms with E-state index in [4.69, 9.17) is 0 Å². The Balaban J connectivity index is 1.56. The molecule has 1 N–H and O–H groups in total. The van der Waals surface area contributed by atoms with Gasteiger partial charge in [-0.05, 0) is 37.1 Å². The number of hydrogen-bond donors (Lipinski definition) is 1. The molecule has 3 aromatic rings. The van der Waals surface area contributed by atoms with E-state index in [2.05, 4.69) is 31.3 Å². The van der Waals surface area contributed by atoms with E-state index in [-0.39, 0.29) is 35.4 Å². The van der Waals surface area contributed by atoms with E-state index in [1.54, 1.807) is 6.07 Å². The van der Waals surface area contributed by atoms with Gasteiger partial charge in [-0.3, -0.25) is 14.2 Å². The van der Waals surface area contributed by atoms with Crippen LogP contribution in [0.2, 0.25) is 0 Å². The Hall–Kier alpha value is -2.53. The van der Waals surface area contributed by atoms with Gasteiger partial charge in [0.2, 0.25) is 5.91 Å². The number of sulfone groups is 1. The third-order valence-electron chi connectivity index (χ3n) is 4.89. The van der Waals surface area contributed by atoms with Crippen LogP contribution in [0.5, 0.6) is 0 Å². The summed E-state index contributed by atoms with van der Waals surface area (Å²) in [5.74, 6) is -0.265. The molecule has 0 bridgehead atoms. The first-order valence-corrected chi connectivity index (χ1v) is 11.5. The van der Waals surface area contributed by atoms with Crippen LogP contribution in [-0.2, 0) is 21.2 Å². The van der Waals surface area contributed by atoms with Gasteiger partial charge in [-0.15, -0.1) is 0 Å². The van der Waals surface area contributed by atoms with Crippen molar-refractivity contribution in [3.8, 4) is 0 Å². The molecule has 1 saturated heterocycles. The van der Waals surface area contributed by atoms with Crippen LogP contribution in [0.3, 0.4) is 0 Å². The molecule has 0 aliphatic carbocycles. The van der Waals surface area contributed by atoms with Crippen LogP contribution in [0, 0.1) is 6.92 Å². The third kappa shape index (κ3) is 3.97. The lowest BCUT2D eigenvalue weighted by Crippen LogP contribution is -2.28. The molecule has 4 rings (SSSR count). The normalized spacial score (nSPS) is 18.2. The van der Waals surface area contributed by atoms with Crippen molar-refractivity contribution in [1.29, 1.82) is 0 Å². The van der Waals surface area contributed by atoms with E-state index >= 15 is 0 Å². The average Bonchev–Trinajstić information content (AvgIpc) is 3.24. The standard InChI is InChI=1S/C18H18BrN5O4S/c1-11-6-12(2-3-15(11)19)22-16(25)8-23-10-20-17-14(18(23)26)7-21-24(17)13-4-5-29(27,28)9-13/h2-3,6-7,10,13H,4-5,8-9H2,1H3,(H,22,25). The highest BCUT2D eigenvalue weighted by molar-refractivity contribution is 9.10. The Morgan fingerprint density at radius 1 is 1.38 bits per heavy atom. The molecule has 1 amide bonds. The molecule has 1 fully saturated rings. The summed E-state index contributed by atoms with van der Waals surface area (Å²) < 4.78 is 27.1. The van der Waals surface area contributed by atoms with Crippen LogP contribution in [0.25, 0.3) is 11.0 Å². The summed E-state index contributed by atoms with van der Waals surface area (Å²) in [6.07, 6.45) is 3.11. The fourth-order valence-corrected chi connectivity index (χ4v) is 5.33. The number of hydrogen-bond acceptors (Lipinski definition) is 6. The fraction of sp³-hybridized carbons (Fsp3) is 0.333. The molecule has 1 aromatic carbocycles. The first-order chi connectivity index (χ1) is 13.7. The lowest BCUT2D eigenvalue weighted by Gasteiger charge is -2.10. The summed E-state index contributed by atoms with van der Waals surface area (Å²) in [4.78, 5) is 29.4. The van der Waals surface area contributed by atoms with E-state index in [1.807, 2.05) is 19.1 Å². The molecule has 0 saturated carbocycles. The largest absolute Gasteiger partial charge is 0.325 e. The van der Waals surface area contributed by atoms with Crippen molar-refractivity contribution < 1.29 is 13.2 Å². The van der Waals surface area contributed by atoms with Crippen molar-refractivity contribution in [3.63, 3.8) is 0 Å². The number of carbonyl (C=O) groups excluding carboxylic acids is 1. The zero-order chi connectivity index (χ0) is 20.8. The summed E-state index contributed by atoms with van der Waals surface area (Å²) >= 11 is 3.41. The number of aromatic nitrogens is 4. The van der Waals surface area contributed by atoms with Gasteiger partial charge < -0.3 is 5.32 Å². The number of fused-ring (bicyclic) bond motifs is 1. The van der Waals surface area contributed by atoms with Gasteiger partial charge in [-0.2, -0.15) is 5.10 Å². The van der Waals surface area contributed by atoms with Gasteiger partial charge in [0.25, 0.3) is 5.56 Å². The Labute approximate surface area is 174 Å². The molecule has 1 aliphatic rings. The van der Waals surface area contributed by atoms with Crippen LogP contribution < -0.4 is 10.9 Å². The summed E-state index contributed by atoms with van der Waals surface area (Å²) in [5.41, 5.74) is 1.54. The van der Waals surface area contributed by atoms with Gasteiger partial charge in [0.15, 0.2) is 15.5 Å². The number of halogens is 1. The highest BCUT2D eigenvalue weighted by Crippen LogP contribution is 2.25. The summed E-state index contributed by atoms with van der Waals surface area (Å²) in [5, 5.41) is 7.19.